The summed E-state index contributed by atoms with van der Waals surface area (Å²) in [5.41, 5.74) is -2.12. The lowest BCUT2D eigenvalue weighted by Crippen LogP contribution is -2.52. The van der Waals surface area contributed by atoms with E-state index < -0.39 is 23.2 Å². The Bertz CT molecular complexity index is 548. The number of hydrogen-bond donors (Lipinski definition) is 1. The highest BCUT2D eigenvalue weighted by Crippen LogP contribution is 2.46. The first-order valence-corrected chi connectivity index (χ1v) is 6.63. The van der Waals surface area contributed by atoms with Gasteiger partial charge in [0.05, 0.1) is 11.3 Å². The fourth-order valence-electron chi connectivity index (χ4n) is 2.92. The molecule has 1 fully saturated rings. The fraction of sp³-hybridized carbons (Fsp3) is 0.500. The van der Waals surface area contributed by atoms with Gasteiger partial charge in [0, 0.05) is 0 Å². The summed E-state index contributed by atoms with van der Waals surface area (Å²) < 4.78 is 44.5. The molecule has 0 saturated heterocycles. The number of amides is 1. The number of anilines is 1. The van der Waals surface area contributed by atoms with E-state index in [0.29, 0.717) is 12.8 Å². The molecular formula is C14H14F3NO2. The zero-order chi connectivity index (χ0) is 14.4. The van der Waals surface area contributed by atoms with E-state index in [4.69, 9.17) is 4.74 Å². The monoisotopic (exact) mass is 285 g/mol. The lowest BCUT2D eigenvalue weighted by atomic mass is 9.83. The van der Waals surface area contributed by atoms with Gasteiger partial charge in [0.1, 0.15) is 5.75 Å². The van der Waals surface area contributed by atoms with E-state index in [0.717, 1.165) is 25.3 Å². The quantitative estimate of drug-likeness (QED) is 0.788. The van der Waals surface area contributed by atoms with Crippen LogP contribution in [-0.2, 0) is 11.0 Å². The molecule has 1 aliphatic carbocycles. The van der Waals surface area contributed by atoms with Gasteiger partial charge in [0.15, 0.2) is 5.60 Å². The summed E-state index contributed by atoms with van der Waals surface area (Å²) in [5, 5.41) is 2.41. The Labute approximate surface area is 114 Å². The molecule has 20 heavy (non-hydrogen) atoms. The minimum absolute atomic E-state index is 0.112. The van der Waals surface area contributed by atoms with Gasteiger partial charge >= 0.3 is 6.18 Å². The van der Waals surface area contributed by atoms with Gasteiger partial charge in [0.2, 0.25) is 0 Å². The number of carbonyl (C=O) groups is 1. The molecule has 6 heteroatoms. The van der Waals surface area contributed by atoms with Crippen molar-refractivity contribution in [1.29, 1.82) is 0 Å². The summed E-state index contributed by atoms with van der Waals surface area (Å²) in [6.45, 7) is 0. The second kappa shape index (κ2) is 4.40. The van der Waals surface area contributed by atoms with Crippen LogP contribution in [0.25, 0.3) is 0 Å². The van der Waals surface area contributed by atoms with Gasteiger partial charge in [-0.05, 0) is 37.8 Å². The number of ether oxygens (including phenoxy) is 1. The van der Waals surface area contributed by atoms with E-state index >= 15 is 0 Å². The molecule has 1 aliphatic heterocycles. The third-order valence-corrected chi connectivity index (χ3v) is 3.95. The molecule has 0 atom stereocenters. The van der Waals surface area contributed by atoms with Crippen LogP contribution in [0, 0.1) is 0 Å². The normalized spacial score (nSPS) is 21.1. The molecule has 1 spiro atoms. The van der Waals surface area contributed by atoms with E-state index in [-0.39, 0.29) is 11.4 Å². The van der Waals surface area contributed by atoms with Crippen LogP contribution in [0.15, 0.2) is 18.2 Å². The van der Waals surface area contributed by atoms with Crippen molar-refractivity contribution in [1.82, 2.24) is 0 Å². The molecule has 3 rings (SSSR count). The van der Waals surface area contributed by atoms with Gasteiger partial charge in [-0.25, -0.2) is 0 Å². The van der Waals surface area contributed by atoms with Gasteiger partial charge < -0.3 is 10.1 Å². The summed E-state index contributed by atoms with van der Waals surface area (Å²) in [6.07, 6.45) is -0.695. The number of fused-ring (bicyclic) bond motifs is 1. The number of rotatable bonds is 0. The Hall–Kier alpha value is -1.72. The molecule has 1 N–H and O–H groups in total. The lowest BCUT2D eigenvalue weighted by Gasteiger charge is -2.40. The van der Waals surface area contributed by atoms with Gasteiger partial charge in [-0.2, -0.15) is 13.2 Å². The number of para-hydroxylation sites is 1. The molecule has 1 aromatic rings. The van der Waals surface area contributed by atoms with Crippen LogP contribution in [0.5, 0.6) is 5.75 Å². The highest BCUT2D eigenvalue weighted by molar-refractivity contribution is 6.01. The first kappa shape index (κ1) is 13.3. The summed E-state index contributed by atoms with van der Waals surface area (Å²) >= 11 is 0. The van der Waals surface area contributed by atoms with Crippen molar-refractivity contribution >= 4 is 11.6 Å². The van der Waals surface area contributed by atoms with Crippen molar-refractivity contribution in [3.8, 4) is 5.75 Å². The van der Waals surface area contributed by atoms with Crippen molar-refractivity contribution in [2.45, 2.75) is 43.9 Å². The smallest absolute Gasteiger partial charge is 0.418 e. The maximum atomic E-state index is 12.9. The van der Waals surface area contributed by atoms with Crippen LogP contribution in [0.3, 0.4) is 0 Å². The van der Waals surface area contributed by atoms with Gasteiger partial charge in [-0.15, -0.1) is 0 Å². The van der Waals surface area contributed by atoms with E-state index in [1.54, 1.807) is 0 Å². The Kier molecular flexibility index (Phi) is 2.92. The van der Waals surface area contributed by atoms with Gasteiger partial charge in [-0.1, -0.05) is 12.5 Å². The van der Waals surface area contributed by atoms with Crippen LogP contribution in [0.2, 0.25) is 0 Å². The van der Waals surface area contributed by atoms with E-state index in [2.05, 4.69) is 5.32 Å². The predicted octanol–water partition coefficient (Wildman–Crippen LogP) is 3.74. The molecule has 0 unspecified atom stereocenters. The van der Waals surface area contributed by atoms with Crippen LogP contribution in [0.4, 0.5) is 18.9 Å². The zero-order valence-corrected chi connectivity index (χ0v) is 10.7. The van der Waals surface area contributed by atoms with Crippen LogP contribution >= 0.6 is 0 Å². The first-order chi connectivity index (χ1) is 9.42. The highest BCUT2D eigenvalue weighted by Gasteiger charge is 2.47. The van der Waals surface area contributed by atoms with E-state index in [9.17, 15) is 18.0 Å². The molecule has 1 heterocycles. The van der Waals surface area contributed by atoms with Crippen LogP contribution in [-0.4, -0.2) is 11.5 Å². The summed E-state index contributed by atoms with van der Waals surface area (Å²) in [5.74, 6) is -0.345. The maximum absolute atomic E-state index is 12.9. The first-order valence-electron chi connectivity index (χ1n) is 6.63. The lowest BCUT2D eigenvalue weighted by molar-refractivity contribution is -0.139. The number of halogens is 3. The van der Waals surface area contributed by atoms with Crippen molar-refractivity contribution in [3.63, 3.8) is 0 Å². The fourth-order valence-corrected chi connectivity index (χ4v) is 2.92. The molecule has 0 radical (unpaired) electrons. The topological polar surface area (TPSA) is 38.3 Å². The SMILES string of the molecule is O=C1Nc2c(cccc2C(F)(F)F)OC12CCCCC2. The Morgan fingerprint density at radius 2 is 1.85 bits per heavy atom. The molecular weight excluding hydrogens is 271 g/mol. The molecule has 1 aromatic carbocycles. The number of carbonyl (C=O) groups excluding carboxylic acids is 1. The Balaban J connectivity index is 2.03. The Morgan fingerprint density at radius 3 is 2.50 bits per heavy atom. The molecule has 0 aromatic heterocycles. The van der Waals surface area contributed by atoms with Crippen molar-refractivity contribution in [2.75, 3.05) is 5.32 Å². The van der Waals surface area contributed by atoms with Crippen molar-refractivity contribution in [3.05, 3.63) is 23.8 Å². The van der Waals surface area contributed by atoms with Crippen molar-refractivity contribution in [2.24, 2.45) is 0 Å². The third-order valence-electron chi connectivity index (χ3n) is 3.95. The predicted molar refractivity (Wildman–Crippen MR) is 66.5 cm³/mol. The largest absolute Gasteiger partial charge is 0.475 e. The van der Waals surface area contributed by atoms with Crippen LogP contribution < -0.4 is 10.1 Å². The average Bonchev–Trinajstić information content (AvgIpc) is 2.39. The second-order valence-electron chi connectivity index (χ2n) is 5.29. The van der Waals surface area contributed by atoms with E-state index in [1.807, 2.05) is 0 Å². The number of alkyl halides is 3. The maximum Gasteiger partial charge on any atom is 0.418 e. The molecule has 0 bridgehead atoms. The number of hydrogen-bond acceptors (Lipinski definition) is 2. The molecule has 2 aliphatic rings. The van der Waals surface area contributed by atoms with Crippen molar-refractivity contribution < 1.29 is 22.7 Å². The second-order valence-corrected chi connectivity index (χ2v) is 5.29. The Morgan fingerprint density at radius 1 is 1.15 bits per heavy atom. The standard InChI is InChI=1S/C14H14F3NO2/c15-14(16,17)9-5-4-6-10-11(9)18-12(19)13(20-10)7-2-1-3-8-13/h4-6H,1-3,7-8H2,(H,18,19). The number of nitrogens with one attached hydrogen (secondary N) is 1. The highest BCUT2D eigenvalue weighted by atomic mass is 19.4. The molecule has 3 nitrogen and oxygen atoms in total. The summed E-state index contributed by atoms with van der Waals surface area (Å²) in [6, 6.07) is 3.72. The van der Waals surface area contributed by atoms with Crippen LogP contribution in [0.1, 0.15) is 37.7 Å². The molecule has 1 amide bonds. The average molecular weight is 285 g/mol. The molecule has 1 saturated carbocycles. The van der Waals surface area contributed by atoms with Gasteiger partial charge in [-0.3, -0.25) is 4.79 Å². The third kappa shape index (κ3) is 2.03. The summed E-state index contributed by atoms with van der Waals surface area (Å²) in [7, 11) is 0. The minimum Gasteiger partial charge on any atom is -0.475 e. The minimum atomic E-state index is -4.51. The van der Waals surface area contributed by atoms with E-state index in [1.165, 1.54) is 12.1 Å². The molecule has 108 valence electrons. The van der Waals surface area contributed by atoms with Gasteiger partial charge in [0.25, 0.3) is 5.91 Å². The number of benzene rings is 1. The summed E-state index contributed by atoms with van der Waals surface area (Å²) in [4.78, 5) is 12.2. The zero-order valence-electron chi connectivity index (χ0n) is 10.7.